The number of carbonyl (C=O) groups is 1. The van der Waals surface area contributed by atoms with E-state index in [4.69, 9.17) is 0 Å². The molecule has 5 nitrogen and oxygen atoms in total. The Morgan fingerprint density at radius 1 is 1.20 bits per heavy atom. The fraction of sp³-hybridized carbons (Fsp3) is 0.0714. The molecule has 0 spiro atoms. The molecule has 0 aliphatic rings. The number of hydrogen-bond donors (Lipinski definition) is 1. The molecule has 0 atom stereocenters. The predicted octanol–water partition coefficient (Wildman–Crippen LogP) is 3.36. The van der Waals surface area contributed by atoms with Crippen LogP contribution in [0, 0.1) is 15.9 Å². The summed E-state index contributed by atoms with van der Waals surface area (Å²) in [5.41, 5.74) is 1.15. The minimum absolute atomic E-state index is 0.216. The summed E-state index contributed by atoms with van der Waals surface area (Å²) in [6.07, 6.45) is 0. The Morgan fingerprint density at radius 3 is 2.55 bits per heavy atom. The van der Waals surface area contributed by atoms with Crippen molar-refractivity contribution in [3.05, 3.63) is 58.4 Å². The maximum absolute atomic E-state index is 13.3. The van der Waals surface area contributed by atoms with Crippen LogP contribution < -0.4 is 5.32 Å². The molecule has 6 heteroatoms. The third-order valence-corrected chi connectivity index (χ3v) is 2.66. The minimum atomic E-state index is -0.878. The lowest BCUT2D eigenvalue weighted by atomic mass is 10.0. The SMILES string of the molecule is CC(=O)Nc1cccc(-c2ccc(F)c([N+](=O)[O-])c2)c1. The van der Waals surface area contributed by atoms with Crippen LogP contribution in [0.3, 0.4) is 0 Å². The number of nitrogens with one attached hydrogen (secondary N) is 1. The van der Waals surface area contributed by atoms with Gasteiger partial charge in [0.15, 0.2) is 0 Å². The first-order chi connectivity index (χ1) is 9.47. The molecule has 0 aliphatic heterocycles. The number of rotatable bonds is 3. The molecule has 0 unspecified atom stereocenters. The number of benzene rings is 2. The van der Waals surface area contributed by atoms with Crippen molar-refractivity contribution in [3.63, 3.8) is 0 Å². The predicted molar refractivity (Wildman–Crippen MR) is 72.8 cm³/mol. The Labute approximate surface area is 114 Å². The second-order valence-electron chi connectivity index (χ2n) is 4.19. The molecule has 20 heavy (non-hydrogen) atoms. The summed E-state index contributed by atoms with van der Waals surface area (Å²) in [4.78, 5) is 21.0. The van der Waals surface area contributed by atoms with Gasteiger partial charge in [-0.15, -0.1) is 0 Å². The molecule has 1 amide bonds. The van der Waals surface area contributed by atoms with Crippen LogP contribution in [-0.2, 0) is 4.79 Å². The average Bonchev–Trinajstić information content (AvgIpc) is 2.38. The Bertz CT molecular complexity index is 686. The molecule has 0 radical (unpaired) electrons. The van der Waals surface area contributed by atoms with E-state index in [0.717, 1.165) is 6.07 Å². The van der Waals surface area contributed by atoms with Gasteiger partial charge < -0.3 is 5.32 Å². The molecule has 2 aromatic carbocycles. The van der Waals surface area contributed by atoms with Gasteiger partial charge in [0.2, 0.25) is 11.7 Å². The summed E-state index contributed by atoms with van der Waals surface area (Å²) >= 11 is 0. The summed E-state index contributed by atoms with van der Waals surface area (Å²) in [7, 11) is 0. The Kier molecular flexibility index (Phi) is 3.74. The average molecular weight is 274 g/mol. The van der Waals surface area contributed by atoms with Crippen LogP contribution in [0.1, 0.15) is 6.92 Å². The second kappa shape index (κ2) is 5.48. The first kappa shape index (κ1) is 13.7. The van der Waals surface area contributed by atoms with E-state index < -0.39 is 16.4 Å². The van der Waals surface area contributed by atoms with Crippen LogP contribution in [-0.4, -0.2) is 10.8 Å². The quantitative estimate of drug-likeness (QED) is 0.689. The maximum Gasteiger partial charge on any atom is 0.305 e. The van der Waals surface area contributed by atoms with Crippen molar-refractivity contribution in [2.75, 3.05) is 5.32 Å². The first-order valence-corrected chi connectivity index (χ1v) is 5.79. The lowest BCUT2D eigenvalue weighted by Gasteiger charge is -2.06. The van der Waals surface area contributed by atoms with Crippen molar-refractivity contribution in [3.8, 4) is 11.1 Å². The molecule has 0 saturated heterocycles. The lowest BCUT2D eigenvalue weighted by molar-refractivity contribution is -0.387. The number of nitro groups is 1. The van der Waals surface area contributed by atoms with E-state index >= 15 is 0 Å². The van der Waals surface area contributed by atoms with Crippen molar-refractivity contribution in [2.45, 2.75) is 6.92 Å². The number of anilines is 1. The van der Waals surface area contributed by atoms with Gasteiger partial charge in [0.25, 0.3) is 0 Å². The molecule has 0 aliphatic carbocycles. The van der Waals surface area contributed by atoms with E-state index in [2.05, 4.69) is 5.32 Å². The molecular weight excluding hydrogens is 263 g/mol. The number of amides is 1. The van der Waals surface area contributed by atoms with Gasteiger partial charge in [0.1, 0.15) is 0 Å². The Hall–Kier alpha value is -2.76. The molecule has 102 valence electrons. The molecule has 2 aromatic rings. The van der Waals surface area contributed by atoms with Crippen LogP contribution in [0.15, 0.2) is 42.5 Å². The van der Waals surface area contributed by atoms with Crippen molar-refractivity contribution < 1.29 is 14.1 Å². The zero-order valence-electron chi connectivity index (χ0n) is 10.6. The molecule has 2 rings (SSSR count). The summed E-state index contributed by atoms with van der Waals surface area (Å²) in [6, 6.07) is 10.5. The fourth-order valence-corrected chi connectivity index (χ4v) is 1.81. The lowest BCUT2D eigenvalue weighted by Crippen LogP contribution is -2.05. The van der Waals surface area contributed by atoms with Gasteiger partial charge in [-0.3, -0.25) is 14.9 Å². The highest BCUT2D eigenvalue weighted by molar-refractivity contribution is 5.89. The smallest absolute Gasteiger partial charge is 0.305 e. The van der Waals surface area contributed by atoms with Crippen LogP contribution >= 0.6 is 0 Å². The number of hydrogen-bond acceptors (Lipinski definition) is 3. The van der Waals surface area contributed by atoms with Crippen molar-refractivity contribution in [2.24, 2.45) is 0 Å². The summed E-state index contributed by atoms with van der Waals surface area (Å²) in [5.74, 6) is -1.09. The van der Waals surface area contributed by atoms with Gasteiger partial charge in [-0.25, -0.2) is 0 Å². The number of nitrogens with zero attached hydrogens (tertiary/aromatic N) is 1. The van der Waals surface area contributed by atoms with E-state index in [1.807, 2.05) is 0 Å². The molecule has 0 bridgehead atoms. The van der Waals surface area contributed by atoms with E-state index in [1.54, 1.807) is 24.3 Å². The molecule has 1 N–H and O–H groups in total. The fourth-order valence-electron chi connectivity index (χ4n) is 1.81. The van der Waals surface area contributed by atoms with Crippen molar-refractivity contribution in [1.82, 2.24) is 0 Å². The number of carbonyl (C=O) groups excluding carboxylic acids is 1. The van der Waals surface area contributed by atoms with Gasteiger partial charge in [-0.1, -0.05) is 18.2 Å². The number of nitro benzene ring substituents is 1. The zero-order valence-corrected chi connectivity index (χ0v) is 10.6. The third kappa shape index (κ3) is 2.97. The first-order valence-electron chi connectivity index (χ1n) is 5.79. The van der Waals surface area contributed by atoms with E-state index in [0.29, 0.717) is 16.8 Å². The van der Waals surface area contributed by atoms with Crippen LogP contribution in [0.4, 0.5) is 15.8 Å². The third-order valence-electron chi connectivity index (χ3n) is 2.66. The topological polar surface area (TPSA) is 72.2 Å². The Balaban J connectivity index is 2.43. The van der Waals surface area contributed by atoms with Crippen molar-refractivity contribution in [1.29, 1.82) is 0 Å². The summed E-state index contributed by atoms with van der Waals surface area (Å²) < 4.78 is 13.3. The molecule has 0 fully saturated rings. The Morgan fingerprint density at radius 2 is 1.90 bits per heavy atom. The highest BCUT2D eigenvalue weighted by Crippen LogP contribution is 2.27. The van der Waals surface area contributed by atoms with Crippen molar-refractivity contribution >= 4 is 17.3 Å². The normalized spacial score (nSPS) is 10.1. The molecule has 0 heterocycles. The van der Waals surface area contributed by atoms with E-state index in [-0.39, 0.29) is 5.91 Å². The van der Waals surface area contributed by atoms with Gasteiger partial charge >= 0.3 is 5.69 Å². The van der Waals surface area contributed by atoms with Gasteiger partial charge in [-0.2, -0.15) is 4.39 Å². The molecular formula is C14H11FN2O3. The van der Waals surface area contributed by atoms with Crippen LogP contribution in [0.5, 0.6) is 0 Å². The summed E-state index contributed by atoms with van der Waals surface area (Å²) in [6.45, 7) is 1.38. The standard InChI is InChI=1S/C14H11FN2O3/c1-9(18)16-12-4-2-3-10(7-12)11-5-6-13(15)14(8-11)17(19)20/h2-8H,1H3,(H,16,18). The van der Waals surface area contributed by atoms with Crippen LogP contribution in [0.25, 0.3) is 11.1 Å². The maximum atomic E-state index is 13.3. The number of halogens is 1. The highest BCUT2D eigenvalue weighted by atomic mass is 19.1. The van der Waals surface area contributed by atoms with E-state index in [9.17, 15) is 19.3 Å². The summed E-state index contributed by atoms with van der Waals surface area (Å²) in [5, 5.41) is 13.3. The monoisotopic (exact) mass is 274 g/mol. The van der Waals surface area contributed by atoms with E-state index in [1.165, 1.54) is 19.1 Å². The largest absolute Gasteiger partial charge is 0.326 e. The van der Waals surface area contributed by atoms with Crippen LogP contribution in [0.2, 0.25) is 0 Å². The molecule has 0 saturated carbocycles. The molecule has 0 aromatic heterocycles. The highest BCUT2D eigenvalue weighted by Gasteiger charge is 2.15. The minimum Gasteiger partial charge on any atom is -0.326 e. The van der Waals surface area contributed by atoms with Gasteiger partial charge in [0.05, 0.1) is 4.92 Å². The van der Waals surface area contributed by atoms with Gasteiger partial charge in [-0.05, 0) is 29.3 Å². The second-order valence-corrected chi connectivity index (χ2v) is 4.19. The zero-order chi connectivity index (χ0) is 14.7. The van der Waals surface area contributed by atoms with Gasteiger partial charge in [0, 0.05) is 18.7 Å².